The number of hydrogen-bond donors (Lipinski definition) is 2. The zero-order chi connectivity index (χ0) is 26.0. The third-order valence-electron chi connectivity index (χ3n) is 7.15. The van der Waals surface area contributed by atoms with Gasteiger partial charge < -0.3 is 33.6 Å². The molecule has 0 radical (unpaired) electrons. The molecule has 1 aliphatic heterocycles. The summed E-state index contributed by atoms with van der Waals surface area (Å²) < 4.78 is 18.5. The number of aryl methyl sites for hydroxylation is 2. The highest BCUT2D eigenvalue weighted by Crippen LogP contribution is 2.48. The first kappa shape index (κ1) is 22.8. The molecule has 5 aromatic rings. The van der Waals surface area contributed by atoms with Crippen LogP contribution in [0.3, 0.4) is 0 Å². The Morgan fingerprint density at radius 2 is 1.62 bits per heavy atom. The Hall–Kier alpha value is -4.59. The molecule has 37 heavy (non-hydrogen) atoms. The van der Waals surface area contributed by atoms with E-state index in [0.29, 0.717) is 29.6 Å². The summed E-state index contributed by atoms with van der Waals surface area (Å²) in [5.74, 6) is 0.611. The monoisotopic (exact) mass is 498 g/mol. The predicted molar refractivity (Wildman–Crippen MR) is 143 cm³/mol. The van der Waals surface area contributed by atoms with Crippen LogP contribution in [-0.2, 0) is 13.0 Å². The van der Waals surface area contributed by atoms with E-state index in [9.17, 15) is 15.0 Å². The quantitative estimate of drug-likeness (QED) is 0.332. The fourth-order valence-electron chi connectivity index (χ4n) is 5.38. The first-order valence-electron chi connectivity index (χ1n) is 11.9. The molecule has 2 aromatic heterocycles. The lowest BCUT2D eigenvalue weighted by Crippen LogP contribution is -2.14. The second-order valence-electron chi connectivity index (χ2n) is 9.38. The third kappa shape index (κ3) is 3.32. The maximum Gasteiger partial charge on any atom is 0.361 e. The molecule has 3 heterocycles. The second kappa shape index (κ2) is 8.23. The Morgan fingerprint density at radius 3 is 2.30 bits per heavy atom. The number of phenols is 2. The van der Waals surface area contributed by atoms with Crippen LogP contribution in [0.1, 0.15) is 5.56 Å². The van der Waals surface area contributed by atoms with Crippen molar-refractivity contribution < 1.29 is 24.1 Å². The van der Waals surface area contributed by atoms with Gasteiger partial charge in [-0.3, -0.25) is 0 Å². The predicted octanol–water partition coefficient (Wildman–Crippen LogP) is 5.13. The van der Waals surface area contributed by atoms with Crippen molar-refractivity contribution in [1.82, 2.24) is 4.57 Å². The second-order valence-corrected chi connectivity index (χ2v) is 9.38. The number of aromatic nitrogens is 1. The molecular weight excluding hydrogens is 472 g/mol. The number of aromatic hydroxyl groups is 2. The van der Waals surface area contributed by atoms with Crippen molar-refractivity contribution in [2.24, 2.45) is 0 Å². The van der Waals surface area contributed by atoms with Crippen LogP contribution >= 0.6 is 0 Å². The molecule has 0 fully saturated rings. The van der Waals surface area contributed by atoms with Crippen LogP contribution in [0.5, 0.6) is 23.0 Å². The SMILES string of the molecule is COc1cc2c(cc1O)CCn1c-2c(-c2ccc(N(C)C)cc2)c2c3cc(OC)c(O)cc3oc(=O)c21. The van der Waals surface area contributed by atoms with E-state index >= 15 is 0 Å². The van der Waals surface area contributed by atoms with Gasteiger partial charge in [-0.05, 0) is 47.9 Å². The van der Waals surface area contributed by atoms with Crippen molar-refractivity contribution in [2.75, 3.05) is 33.2 Å². The van der Waals surface area contributed by atoms with Crippen molar-refractivity contribution >= 4 is 27.6 Å². The van der Waals surface area contributed by atoms with Crippen molar-refractivity contribution in [3.63, 3.8) is 0 Å². The maximum absolute atomic E-state index is 13.4. The Kier molecular flexibility index (Phi) is 5.08. The van der Waals surface area contributed by atoms with Crippen LogP contribution in [0.4, 0.5) is 5.69 Å². The van der Waals surface area contributed by atoms with Crippen LogP contribution in [0.25, 0.3) is 44.3 Å². The normalized spacial score (nSPS) is 12.4. The number of ether oxygens (including phenoxy) is 2. The minimum atomic E-state index is -0.487. The number of rotatable bonds is 4. The van der Waals surface area contributed by atoms with Gasteiger partial charge >= 0.3 is 5.63 Å². The molecule has 8 nitrogen and oxygen atoms in total. The lowest BCUT2D eigenvalue weighted by Gasteiger charge is -2.22. The summed E-state index contributed by atoms with van der Waals surface area (Å²) in [6.45, 7) is 0.534. The number of methoxy groups -OCH3 is 2. The summed E-state index contributed by atoms with van der Waals surface area (Å²) in [6, 6.07) is 14.8. The number of nitrogens with zero attached hydrogens (tertiary/aromatic N) is 2. The Bertz CT molecular complexity index is 1760. The van der Waals surface area contributed by atoms with E-state index < -0.39 is 5.63 Å². The van der Waals surface area contributed by atoms with E-state index in [0.717, 1.165) is 39.0 Å². The van der Waals surface area contributed by atoms with Crippen LogP contribution < -0.4 is 20.0 Å². The molecule has 0 amide bonds. The van der Waals surface area contributed by atoms with E-state index in [1.165, 1.54) is 20.3 Å². The summed E-state index contributed by atoms with van der Waals surface area (Å²) in [7, 11) is 6.97. The molecule has 0 bridgehead atoms. The molecule has 0 unspecified atom stereocenters. The van der Waals surface area contributed by atoms with Gasteiger partial charge in [-0.2, -0.15) is 0 Å². The zero-order valence-corrected chi connectivity index (χ0v) is 21.0. The number of benzene rings is 3. The van der Waals surface area contributed by atoms with Gasteiger partial charge in [0, 0.05) is 54.3 Å². The van der Waals surface area contributed by atoms with Crippen LogP contribution in [0.15, 0.2) is 57.7 Å². The van der Waals surface area contributed by atoms with Crippen LogP contribution in [0, 0.1) is 0 Å². The number of anilines is 1. The fourth-order valence-corrected chi connectivity index (χ4v) is 5.38. The topological polar surface area (TPSA) is 97.3 Å². The maximum atomic E-state index is 13.4. The molecule has 0 saturated carbocycles. The van der Waals surface area contributed by atoms with Crippen molar-refractivity contribution in [2.45, 2.75) is 13.0 Å². The molecule has 6 rings (SSSR count). The number of fused-ring (bicyclic) bond motifs is 7. The number of phenolic OH excluding ortho intramolecular Hbond substituents is 2. The third-order valence-corrected chi connectivity index (χ3v) is 7.15. The minimum Gasteiger partial charge on any atom is -0.504 e. The molecule has 2 N–H and O–H groups in total. The average molecular weight is 499 g/mol. The summed E-state index contributed by atoms with van der Waals surface area (Å²) in [4.78, 5) is 15.5. The van der Waals surface area contributed by atoms with Gasteiger partial charge in [-0.1, -0.05) is 12.1 Å². The first-order valence-corrected chi connectivity index (χ1v) is 11.9. The highest BCUT2D eigenvalue weighted by molar-refractivity contribution is 6.17. The van der Waals surface area contributed by atoms with Crippen LogP contribution in [-0.4, -0.2) is 43.1 Å². The first-order chi connectivity index (χ1) is 17.8. The molecule has 0 atom stereocenters. The highest BCUT2D eigenvalue weighted by Gasteiger charge is 2.30. The van der Waals surface area contributed by atoms with Gasteiger partial charge in [0.15, 0.2) is 23.0 Å². The van der Waals surface area contributed by atoms with Gasteiger partial charge in [0.05, 0.1) is 19.9 Å². The molecule has 3 aromatic carbocycles. The van der Waals surface area contributed by atoms with E-state index in [-0.39, 0.29) is 22.8 Å². The molecule has 0 aliphatic carbocycles. The van der Waals surface area contributed by atoms with E-state index in [2.05, 4.69) is 0 Å². The molecule has 8 heteroatoms. The van der Waals surface area contributed by atoms with E-state index in [1.807, 2.05) is 53.9 Å². The standard InChI is InChI=1S/C29H26N2O6/c1-30(2)17-7-5-15(6-8-17)25-26-19-13-24(36-4)21(33)14-22(19)37-29(34)28(26)31-10-9-16-11-20(32)23(35-3)12-18(16)27(25)31/h5-8,11-14,32-33H,9-10H2,1-4H3. The van der Waals surface area contributed by atoms with E-state index in [1.54, 1.807) is 12.1 Å². The highest BCUT2D eigenvalue weighted by atomic mass is 16.5. The summed E-state index contributed by atoms with van der Waals surface area (Å²) >= 11 is 0. The van der Waals surface area contributed by atoms with Crippen molar-refractivity contribution in [3.8, 4) is 45.4 Å². The Morgan fingerprint density at radius 1 is 0.946 bits per heavy atom. The molecule has 1 aliphatic rings. The summed E-state index contributed by atoms with van der Waals surface area (Å²) in [5.41, 5.74) is 5.74. The summed E-state index contributed by atoms with van der Waals surface area (Å²) in [5, 5.41) is 22.2. The zero-order valence-electron chi connectivity index (χ0n) is 21.0. The Labute approximate surface area is 212 Å². The van der Waals surface area contributed by atoms with Crippen molar-refractivity contribution in [3.05, 3.63) is 64.5 Å². The van der Waals surface area contributed by atoms with Gasteiger partial charge in [-0.25, -0.2) is 4.79 Å². The molecule has 0 spiro atoms. The van der Waals surface area contributed by atoms with Crippen molar-refractivity contribution in [1.29, 1.82) is 0 Å². The minimum absolute atomic E-state index is 0.0767. The average Bonchev–Trinajstić information content (AvgIpc) is 3.24. The molecule has 188 valence electrons. The molecular formula is C29H26N2O6. The smallest absolute Gasteiger partial charge is 0.361 e. The number of hydrogen-bond acceptors (Lipinski definition) is 7. The summed E-state index contributed by atoms with van der Waals surface area (Å²) in [6.07, 6.45) is 0.624. The molecule has 0 saturated heterocycles. The fraction of sp³-hybridized carbons (Fsp3) is 0.207. The van der Waals surface area contributed by atoms with Gasteiger partial charge in [0.25, 0.3) is 0 Å². The van der Waals surface area contributed by atoms with Crippen LogP contribution in [0.2, 0.25) is 0 Å². The van der Waals surface area contributed by atoms with Gasteiger partial charge in [-0.15, -0.1) is 0 Å². The van der Waals surface area contributed by atoms with Gasteiger partial charge in [0.1, 0.15) is 11.1 Å². The Balaban J connectivity index is 1.81. The van der Waals surface area contributed by atoms with Gasteiger partial charge in [0.2, 0.25) is 0 Å². The van der Waals surface area contributed by atoms with E-state index in [4.69, 9.17) is 13.9 Å². The largest absolute Gasteiger partial charge is 0.504 e. The lowest BCUT2D eigenvalue weighted by molar-refractivity contribution is 0.373. The lowest BCUT2D eigenvalue weighted by atomic mass is 9.91.